The van der Waals surface area contributed by atoms with Crippen LogP contribution in [0.4, 0.5) is 0 Å². The molecule has 2 heteroatoms. The Labute approximate surface area is 138 Å². The smallest absolute Gasteiger partial charge is 0.0785 e. The first-order valence-corrected chi connectivity index (χ1v) is 8.24. The lowest BCUT2D eigenvalue weighted by atomic mass is 10.2. The van der Waals surface area contributed by atoms with Crippen molar-refractivity contribution in [2.45, 2.75) is 65.2 Å². The van der Waals surface area contributed by atoms with Crippen LogP contribution in [-0.2, 0) is 0 Å². The summed E-state index contributed by atoms with van der Waals surface area (Å²) in [6, 6.07) is 0. The van der Waals surface area contributed by atoms with E-state index < -0.39 is 0 Å². The Bertz CT molecular complexity index is 220. The summed E-state index contributed by atoms with van der Waals surface area (Å²) in [6.07, 6.45) is 19.5. The van der Waals surface area contributed by atoms with E-state index in [-0.39, 0.29) is 17.0 Å². The molecule has 0 rings (SSSR count). The number of allylic oxidation sites excluding steroid dienone is 4. The first-order valence-electron chi connectivity index (χ1n) is 8.24. The molecule has 0 atom stereocenters. The molecule has 0 fully saturated rings. The topological polar surface area (TPSA) is 0 Å². The van der Waals surface area contributed by atoms with Crippen LogP contribution in [0.15, 0.2) is 24.3 Å². The maximum absolute atomic E-state index is 2.37. The molecule has 0 heterocycles. The Kier molecular flexibility index (Phi) is 17.0. The van der Waals surface area contributed by atoms with E-state index in [4.69, 9.17) is 0 Å². The molecule has 0 spiro atoms. The number of unbranched alkanes of at least 4 members (excludes halogenated alkanes) is 4. The third-order valence-electron chi connectivity index (χ3n) is 3.51. The maximum Gasteiger partial charge on any atom is 0.0785 e. The minimum Gasteiger partial charge on any atom is -1.00 e. The Morgan fingerprint density at radius 2 is 1.00 bits per heavy atom. The highest BCUT2D eigenvalue weighted by Crippen LogP contribution is 2.06. The highest BCUT2D eigenvalue weighted by atomic mass is 79.9. The predicted molar refractivity (Wildman–Crippen MR) is 88.4 cm³/mol. The third kappa shape index (κ3) is 16.0. The van der Waals surface area contributed by atoms with Gasteiger partial charge in [0.05, 0.1) is 27.2 Å². The molecule has 20 heavy (non-hydrogen) atoms. The summed E-state index contributed by atoms with van der Waals surface area (Å²) in [5.74, 6) is 0. The summed E-state index contributed by atoms with van der Waals surface area (Å²) >= 11 is 0. The van der Waals surface area contributed by atoms with Crippen molar-refractivity contribution in [3.05, 3.63) is 24.3 Å². The number of hydrogen-bond acceptors (Lipinski definition) is 0. The van der Waals surface area contributed by atoms with E-state index in [1.54, 1.807) is 0 Å². The minimum absolute atomic E-state index is 0. The average molecular weight is 346 g/mol. The molecule has 0 radical (unpaired) electrons. The second kappa shape index (κ2) is 15.3. The molecule has 0 saturated heterocycles. The zero-order valence-electron chi connectivity index (χ0n) is 14.2. The summed E-state index contributed by atoms with van der Waals surface area (Å²) in [5, 5.41) is 0. The monoisotopic (exact) mass is 345 g/mol. The van der Waals surface area contributed by atoms with Gasteiger partial charge in [0.2, 0.25) is 0 Å². The van der Waals surface area contributed by atoms with Gasteiger partial charge >= 0.3 is 0 Å². The number of nitrogens with zero attached hydrogens (tertiary/aromatic N) is 1. The fraction of sp³-hybridized carbons (Fsp3) is 0.778. The maximum atomic E-state index is 2.37. The number of quaternary nitrogens is 1. The van der Waals surface area contributed by atoms with Gasteiger partial charge in [-0.1, -0.05) is 51.0 Å². The van der Waals surface area contributed by atoms with Crippen LogP contribution in [-0.4, -0.2) is 31.7 Å². The van der Waals surface area contributed by atoms with Crippen LogP contribution in [0.25, 0.3) is 0 Å². The number of halogens is 1. The van der Waals surface area contributed by atoms with Gasteiger partial charge in [-0.2, -0.15) is 0 Å². The van der Waals surface area contributed by atoms with Gasteiger partial charge in [-0.15, -0.1) is 0 Å². The molecule has 0 saturated carbocycles. The van der Waals surface area contributed by atoms with Crippen molar-refractivity contribution in [1.82, 2.24) is 0 Å². The molecule has 0 aliphatic rings. The zero-order chi connectivity index (χ0) is 14.4. The van der Waals surface area contributed by atoms with E-state index in [1.165, 1.54) is 68.9 Å². The summed E-state index contributed by atoms with van der Waals surface area (Å²) in [4.78, 5) is 0. The second-order valence-electron chi connectivity index (χ2n) is 6.19. The van der Waals surface area contributed by atoms with Gasteiger partial charge in [-0.05, 0) is 38.5 Å². The summed E-state index contributed by atoms with van der Waals surface area (Å²) in [5.41, 5.74) is 0. The molecule has 0 aromatic rings. The normalized spacial score (nSPS) is 12.2. The highest BCUT2D eigenvalue weighted by Gasteiger charge is 2.12. The lowest BCUT2D eigenvalue weighted by Crippen LogP contribution is -3.00. The lowest BCUT2D eigenvalue weighted by molar-refractivity contribution is -0.890. The van der Waals surface area contributed by atoms with Crippen molar-refractivity contribution in [1.29, 1.82) is 0 Å². The SMILES string of the molecule is CCCC=CCCC[N+](C)(C)CCCC=CCCC.[Br-]. The molecule has 0 aliphatic carbocycles. The number of hydrogen-bond donors (Lipinski definition) is 0. The third-order valence-corrected chi connectivity index (χ3v) is 3.51. The molecule has 1 nitrogen and oxygen atoms in total. The van der Waals surface area contributed by atoms with Gasteiger partial charge in [0, 0.05) is 0 Å². The molecule has 0 bridgehead atoms. The molecule has 0 aromatic carbocycles. The standard InChI is InChI=1S/C18H36N.BrH/c1-5-7-9-11-13-15-17-19(3,4)18-16-14-12-10-8-6-2;/h9-12H,5-8,13-18H2,1-4H3;1H/q+1;/p-1. The molecule has 0 aromatic heterocycles. The second-order valence-corrected chi connectivity index (χ2v) is 6.19. The molecule has 0 amide bonds. The molecular formula is C18H36BrN. The fourth-order valence-corrected chi connectivity index (χ4v) is 2.19. The Balaban J connectivity index is 0. The van der Waals surface area contributed by atoms with E-state index >= 15 is 0 Å². The molecule has 120 valence electrons. The van der Waals surface area contributed by atoms with E-state index in [2.05, 4.69) is 52.2 Å². The van der Waals surface area contributed by atoms with E-state index in [0.29, 0.717) is 0 Å². The Hall–Kier alpha value is -0.0800. The van der Waals surface area contributed by atoms with Crippen LogP contribution in [0.5, 0.6) is 0 Å². The van der Waals surface area contributed by atoms with Crippen LogP contribution in [0, 0.1) is 0 Å². The largest absolute Gasteiger partial charge is 1.00 e. The van der Waals surface area contributed by atoms with Gasteiger partial charge in [-0.25, -0.2) is 0 Å². The van der Waals surface area contributed by atoms with Crippen LogP contribution in [0.2, 0.25) is 0 Å². The van der Waals surface area contributed by atoms with Gasteiger partial charge in [-0.3, -0.25) is 0 Å². The molecule has 0 unspecified atom stereocenters. The first kappa shape index (κ1) is 22.2. The van der Waals surface area contributed by atoms with E-state index in [0.717, 1.165) is 0 Å². The van der Waals surface area contributed by atoms with Crippen LogP contribution < -0.4 is 17.0 Å². The van der Waals surface area contributed by atoms with Crippen molar-refractivity contribution in [2.75, 3.05) is 27.2 Å². The fourth-order valence-electron chi connectivity index (χ4n) is 2.19. The van der Waals surface area contributed by atoms with Crippen molar-refractivity contribution in [3.63, 3.8) is 0 Å². The van der Waals surface area contributed by atoms with Crippen LogP contribution in [0.3, 0.4) is 0 Å². The van der Waals surface area contributed by atoms with Crippen LogP contribution >= 0.6 is 0 Å². The summed E-state index contributed by atoms with van der Waals surface area (Å²) < 4.78 is 1.17. The van der Waals surface area contributed by atoms with Crippen LogP contribution in [0.1, 0.15) is 65.2 Å². The van der Waals surface area contributed by atoms with Gasteiger partial charge in [0.15, 0.2) is 0 Å². The molecular weight excluding hydrogens is 310 g/mol. The zero-order valence-corrected chi connectivity index (χ0v) is 15.8. The summed E-state index contributed by atoms with van der Waals surface area (Å²) in [7, 11) is 4.73. The Morgan fingerprint density at radius 1 is 0.650 bits per heavy atom. The number of rotatable bonds is 12. The quantitative estimate of drug-likeness (QED) is 0.289. The first-order chi connectivity index (χ1) is 9.12. The van der Waals surface area contributed by atoms with E-state index in [1.807, 2.05) is 0 Å². The van der Waals surface area contributed by atoms with Crippen molar-refractivity contribution < 1.29 is 21.5 Å². The molecule has 0 N–H and O–H groups in total. The lowest BCUT2D eigenvalue weighted by Gasteiger charge is -2.29. The van der Waals surface area contributed by atoms with E-state index in [9.17, 15) is 0 Å². The highest BCUT2D eigenvalue weighted by molar-refractivity contribution is 4.81. The van der Waals surface area contributed by atoms with Crippen molar-refractivity contribution >= 4 is 0 Å². The van der Waals surface area contributed by atoms with Crippen molar-refractivity contribution in [2.24, 2.45) is 0 Å². The Morgan fingerprint density at radius 3 is 1.35 bits per heavy atom. The summed E-state index contributed by atoms with van der Waals surface area (Å²) in [6.45, 7) is 7.07. The molecule has 0 aliphatic heterocycles. The minimum atomic E-state index is 0. The van der Waals surface area contributed by atoms with Gasteiger partial charge < -0.3 is 21.5 Å². The average Bonchev–Trinajstić information content (AvgIpc) is 2.38. The van der Waals surface area contributed by atoms with Gasteiger partial charge in [0.1, 0.15) is 0 Å². The van der Waals surface area contributed by atoms with Gasteiger partial charge in [0.25, 0.3) is 0 Å². The predicted octanol–water partition coefficient (Wildman–Crippen LogP) is 2.34. The van der Waals surface area contributed by atoms with Crippen molar-refractivity contribution in [3.8, 4) is 0 Å².